The second kappa shape index (κ2) is 66.8. The molecular formula is C72H137NO4. The van der Waals surface area contributed by atoms with Crippen LogP contribution in [0.15, 0.2) is 48.6 Å². The number of hydrogen-bond donors (Lipinski definition) is 4. The van der Waals surface area contributed by atoms with Gasteiger partial charge in [-0.15, -0.1) is 0 Å². The summed E-state index contributed by atoms with van der Waals surface area (Å²) in [6.45, 7) is 4.22. The minimum absolute atomic E-state index is 0.375. The molecule has 0 aliphatic carbocycles. The Morgan fingerprint density at radius 3 is 0.870 bits per heavy atom. The molecule has 0 bridgehead atoms. The molecule has 3 unspecified atom stereocenters. The summed E-state index contributed by atoms with van der Waals surface area (Å²) in [5.41, 5.74) is 0. The first kappa shape index (κ1) is 75.3. The van der Waals surface area contributed by atoms with Gasteiger partial charge in [-0.05, 0) is 64.2 Å². The molecule has 5 heteroatoms. The standard InChI is InChI=1S/C72H137NO4/c1-3-5-7-9-11-13-15-17-19-21-23-25-27-29-30-31-32-33-34-35-36-37-38-39-40-41-43-45-47-49-51-53-55-57-59-61-63-65-67-71(76)72(77)73-69(68-74)70(75)66-64-62-60-58-56-54-52-50-48-46-44-42-28-26-24-22-20-18-16-14-12-10-8-6-4-2/h32-33,35-36,56,58,64,66,69-71,74-76H,3-31,34,37-55,57,59-63,65,67-68H2,1-2H3,(H,73,77)/b33-32-,36-35-,58-56+,66-64+. The number of carbonyl (C=O) groups is 1. The molecule has 3 atom stereocenters. The van der Waals surface area contributed by atoms with Crippen molar-refractivity contribution in [2.45, 2.75) is 398 Å². The van der Waals surface area contributed by atoms with Crippen LogP contribution in [0.3, 0.4) is 0 Å². The third-order valence-corrected chi connectivity index (χ3v) is 16.4. The number of hydrogen-bond acceptors (Lipinski definition) is 4. The molecule has 0 saturated carbocycles. The number of aliphatic hydroxyl groups excluding tert-OH is 3. The minimum Gasteiger partial charge on any atom is -0.394 e. The minimum atomic E-state index is -1.11. The number of carbonyl (C=O) groups excluding carboxylic acids is 1. The molecule has 0 radical (unpaired) electrons. The van der Waals surface area contributed by atoms with Crippen molar-refractivity contribution in [3.05, 3.63) is 48.6 Å². The van der Waals surface area contributed by atoms with Crippen molar-refractivity contribution in [1.82, 2.24) is 5.32 Å². The summed E-state index contributed by atoms with van der Waals surface area (Å²) >= 11 is 0. The third kappa shape index (κ3) is 61.8. The lowest BCUT2D eigenvalue weighted by Gasteiger charge is -2.21. The van der Waals surface area contributed by atoms with Gasteiger partial charge < -0.3 is 20.6 Å². The first-order valence-electron chi connectivity index (χ1n) is 35.0. The predicted molar refractivity (Wildman–Crippen MR) is 342 cm³/mol. The van der Waals surface area contributed by atoms with E-state index in [1.165, 1.54) is 315 Å². The van der Waals surface area contributed by atoms with Gasteiger partial charge in [-0.3, -0.25) is 4.79 Å². The van der Waals surface area contributed by atoms with Crippen LogP contribution < -0.4 is 5.32 Å². The van der Waals surface area contributed by atoms with E-state index in [4.69, 9.17) is 0 Å². The summed E-state index contributed by atoms with van der Waals surface area (Å²) in [5, 5.41) is 33.5. The molecule has 0 aliphatic heterocycles. The van der Waals surface area contributed by atoms with E-state index in [-0.39, 0.29) is 6.61 Å². The van der Waals surface area contributed by atoms with Crippen molar-refractivity contribution in [3.63, 3.8) is 0 Å². The highest BCUT2D eigenvalue weighted by molar-refractivity contribution is 5.80. The molecule has 77 heavy (non-hydrogen) atoms. The smallest absolute Gasteiger partial charge is 0.249 e. The Labute approximate surface area is 482 Å². The predicted octanol–water partition coefficient (Wildman–Crippen LogP) is 22.7. The fourth-order valence-corrected chi connectivity index (χ4v) is 11.0. The molecule has 454 valence electrons. The van der Waals surface area contributed by atoms with E-state index in [0.29, 0.717) is 6.42 Å². The van der Waals surface area contributed by atoms with Gasteiger partial charge in [0.2, 0.25) is 5.91 Å². The number of unbranched alkanes of at least 4 members (excludes halogenated alkanes) is 51. The van der Waals surface area contributed by atoms with Crippen molar-refractivity contribution in [2.75, 3.05) is 6.61 Å². The summed E-state index contributed by atoms with van der Waals surface area (Å²) in [6, 6.07) is -0.817. The van der Waals surface area contributed by atoms with Gasteiger partial charge in [-0.2, -0.15) is 0 Å². The second-order valence-electron chi connectivity index (χ2n) is 24.1. The first-order chi connectivity index (χ1) is 38.1. The first-order valence-corrected chi connectivity index (χ1v) is 35.0. The van der Waals surface area contributed by atoms with Crippen LogP contribution in [0.25, 0.3) is 0 Å². The molecule has 0 aliphatic rings. The maximum absolute atomic E-state index is 12.6. The van der Waals surface area contributed by atoms with Crippen LogP contribution in [-0.2, 0) is 4.79 Å². The average Bonchev–Trinajstić information content (AvgIpc) is 3.43. The van der Waals surface area contributed by atoms with Crippen LogP contribution in [0, 0.1) is 0 Å². The monoisotopic (exact) mass is 1080 g/mol. The van der Waals surface area contributed by atoms with Crippen molar-refractivity contribution >= 4 is 5.91 Å². The number of aliphatic hydroxyl groups is 3. The maximum Gasteiger partial charge on any atom is 0.249 e. The number of amides is 1. The van der Waals surface area contributed by atoms with Gasteiger partial charge in [0, 0.05) is 0 Å². The van der Waals surface area contributed by atoms with Crippen LogP contribution in [0.2, 0.25) is 0 Å². The molecule has 5 nitrogen and oxygen atoms in total. The molecule has 0 heterocycles. The quantitative estimate of drug-likeness (QED) is 0.0361. The van der Waals surface area contributed by atoms with E-state index in [9.17, 15) is 20.1 Å². The van der Waals surface area contributed by atoms with Gasteiger partial charge in [-0.25, -0.2) is 0 Å². The Morgan fingerprint density at radius 1 is 0.325 bits per heavy atom. The van der Waals surface area contributed by atoms with Gasteiger partial charge in [0.1, 0.15) is 6.10 Å². The van der Waals surface area contributed by atoms with E-state index < -0.39 is 24.2 Å². The van der Waals surface area contributed by atoms with E-state index in [1.54, 1.807) is 6.08 Å². The highest BCUT2D eigenvalue weighted by Crippen LogP contribution is 2.19. The van der Waals surface area contributed by atoms with E-state index in [2.05, 4.69) is 55.6 Å². The number of allylic oxidation sites excluding steroid dienone is 7. The normalized spacial score (nSPS) is 13.4. The van der Waals surface area contributed by atoms with Gasteiger partial charge in [0.05, 0.1) is 18.8 Å². The fourth-order valence-electron chi connectivity index (χ4n) is 11.0. The Bertz CT molecular complexity index is 1240. The van der Waals surface area contributed by atoms with Crippen LogP contribution in [0.1, 0.15) is 380 Å². The summed E-state index contributed by atoms with van der Waals surface area (Å²) < 4.78 is 0. The zero-order valence-electron chi connectivity index (χ0n) is 52.1. The molecule has 1 amide bonds. The lowest BCUT2D eigenvalue weighted by Crippen LogP contribution is -2.48. The van der Waals surface area contributed by atoms with Gasteiger partial charge in [0.15, 0.2) is 0 Å². The van der Waals surface area contributed by atoms with Crippen LogP contribution in [0.4, 0.5) is 0 Å². The SMILES string of the molecule is CCCCCCCCCCCCCCCCC/C=C\C/C=C\CCCCCCCCCCCCCCCCCCC(O)C(=O)NC(CO)C(O)/C=C/CC/C=C/CCCCCCCCCCCCCCCCCCCCC. The Balaban J connectivity index is 3.52. The second-order valence-corrected chi connectivity index (χ2v) is 24.1. The highest BCUT2D eigenvalue weighted by Gasteiger charge is 2.22. The van der Waals surface area contributed by atoms with Gasteiger partial charge >= 0.3 is 0 Å². The van der Waals surface area contributed by atoms with Gasteiger partial charge in [0.25, 0.3) is 0 Å². The summed E-state index contributed by atoms with van der Waals surface area (Å²) in [7, 11) is 0. The van der Waals surface area contributed by atoms with Crippen LogP contribution >= 0.6 is 0 Å². The van der Waals surface area contributed by atoms with Crippen LogP contribution in [-0.4, -0.2) is 46.1 Å². The molecular weight excluding hydrogens is 943 g/mol. The molecule has 0 aromatic heterocycles. The lowest BCUT2D eigenvalue weighted by molar-refractivity contribution is -0.131. The van der Waals surface area contributed by atoms with E-state index in [1.807, 2.05) is 6.08 Å². The fraction of sp³-hybridized carbons (Fsp3) is 0.875. The molecule has 4 N–H and O–H groups in total. The molecule has 0 rings (SSSR count). The summed E-state index contributed by atoms with van der Waals surface area (Å²) in [6.07, 6.45) is 91.2. The van der Waals surface area contributed by atoms with E-state index in [0.717, 1.165) is 44.9 Å². The van der Waals surface area contributed by atoms with E-state index >= 15 is 0 Å². The van der Waals surface area contributed by atoms with Crippen LogP contribution in [0.5, 0.6) is 0 Å². The Hall–Kier alpha value is -1.69. The van der Waals surface area contributed by atoms with Crippen molar-refractivity contribution in [1.29, 1.82) is 0 Å². The number of nitrogens with one attached hydrogen (secondary N) is 1. The summed E-state index contributed by atoms with van der Waals surface area (Å²) in [4.78, 5) is 12.6. The highest BCUT2D eigenvalue weighted by atomic mass is 16.3. The topological polar surface area (TPSA) is 89.8 Å². The largest absolute Gasteiger partial charge is 0.394 e. The molecule has 0 saturated heterocycles. The molecule has 0 aromatic rings. The third-order valence-electron chi connectivity index (χ3n) is 16.4. The average molecular weight is 1080 g/mol. The Kier molecular flexibility index (Phi) is 65.4. The maximum atomic E-state index is 12.6. The van der Waals surface area contributed by atoms with Crippen molar-refractivity contribution in [2.24, 2.45) is 0 Å². The number of rotatable bonds is 65. The Morgan fingerprint density at radius 2 is 0.571 bits per heavy atom. The van der Waals surface area contributed by atoms with Gasteiger partial charge in [-0.1, -0.05) is 364 Å². The lowest BCUT2D eigenvalue weighted by atomic mass is 10.0. The van der Waals surface area contributed by atoms with Crippen molar-refractivity contribution < 1.29 is 20.1 Å². The zero-order chi connectivity index (χ0) is 55.7. The molecule has 0 spiro atoms. The summed E-state index contributed by atoms with van der Waals surface area (Å²) in [5.74, 6) is -0.508. The molecule has 0 fully saturated rings. The molecule has 0 aromatic carbocycles. The van der Waals surface area contributed by atoms with Crippen molar-refractivity contribution in [3.8, 4) is 0 Å². The zero-order valence-corrected chi connectivity index (χ0v) is 52.1.